The van der Waals surface area contributed by atoms with Crippen LogP contribution in [0.1, 0.15) is 33.6 Å². The maximum absolute atomic E-state index is 12.3. The molecule has 122 valence electrons. The number of rotatable bonds is 6. The zero-order valence-electron chi connectivity index (χ0n) is 13.6. The van der Waals surface area contributed by atoms with Crippen LogP contribution in [0.5, 0.6) is 0 Å². The lowest BCUT2D eigenvalue weighted by Gasteiger charge is -2.30. The second kappa shape index (κ2) is 9.08. The van der Waals surface area contributed by atoms with Crippen LogP contribution in [0, 0.1) is 23.2 Å². The molecule has 1 saturated heterocycles. The van der Waals surface area contributed by atoms with Gasteiger partial charge in [-0.2, -0.15) is 5.26 Å². The van der Waals surface area contributed by atoms with Crippen LogP contribution in [-0.2, 0) is 14.3 Å². The van der Waals surface area contributed by atoms with E-state index in [1.165, 1.54) is 6.20 Å². The highest BCUT2D eigenvalue weighted by atomic mass is 16.5. The molecule has 1 heterocycles. The van der Waals surface area contributed by atoms with Gasteiger partial charge in [-0.05, 0) is 25.7 Å². The molecule has 0 aromatic carbocycles. The summed E-state index contributed by atoms with van der Waals surface area (Å²) in [6.45, 7) is 7.93. The predicted molar refractivity (Wildman–Crippen MR) is 82.5 cm³/mol. The van der Waals surface area contributed by atoms with E-state index >= 15 is 0 Å². The SMILES string of the molecule is CCOC(=O)C1CCN(C(=O)/C(C#N)=C\NCC(C)C)CC1. The summed E-state index contributed by atoms with van der Waals surface area (Å²) in [4.78, 5) is 25.6. The van der Waals surface area contributed by atoms with Crippen molar-refractivity contribution in [3.63, 3.8) is 0 Å². The van der Waals surface area contributed by atoms with E-state index in [0.29, 0.717) is 45.0 Å². The lowest BCUT2D eigenvalue weighted by Crippen LogP contribution is -2.41. The fourth-order valence-corrected chi connectivity index (χ4v) is 2.29. The minimum absolute atomic E-state index is 0.107. The van der Waals surface area contributed by atoms with Crippen LogP contribution < -0.4 is 5.32 Å². The van der Waals surface area contributed by atoms with Crippen molar-refractivity contribution in [2.75, 3.05) is 26.2 Å². The number of likely N-dealkylation sites (tertiary alicyclic amines) is 1. The second-order valence-corrected chi connectivity index (χ2v) is 5.79. The predicted octanol–water partition coefficient (Wildman–Crippen LogP) is 1.44. The van der Waals surface area contributed by atoms with Gasteiger partial charge in [0.15, 0.2) is 0 Å². The van der Waals surface area contributed by atoms with Crippen LogP contribution in [0.4, 0.5) is 0 Å². The molecule has 0 aromatic heterocycles. The van der Waals surface area contributed by atoms with Crippen molar-refractivity contribution in [2.45, 2.75) is 33.6 Å². The zero-order valence-corrected chi connectivity index (χ0v) is 13.6. The van der Waals surface area contributed by atoms with Crippen LogP contribution in [-0.4, -0.2) is 43.0 Å². The molecule has 1 N–H and O–H groups in total. The van der Waals surface area contributed by atoms with Crippen LogP contribution in [0.25, 0.3) is 0 Å². The van der Waals surface area contributed by atoms with Gasteiger partial charge in [0.2, 0.25) is 0 Å². The van der Waals surface area contributed by atoms with Crippen molar-refractivity contribution >= 4 is 11.9 Å². The minimum atomic E-state index is -0.277. The van der Waals surface area contributed by atoms with Gasteiger partial charge in [-0.1, -0.05) is 13.8 Å². The average molecular weight is 307 g/mol. The molecular weight excluding hydrogens is 282 g/mol. The van der Waals surface area contributed by atoms with Crippen molar-refractivity contribution in [1.82, 2.24) is 10.2 Å². The van der Waals surface area contributed by atoms with E-state index in [1.54, 1.807) is 11.8 Å². The number of nitriles is 1. The number of hydrogen-bond acceptors (Lipinski definition) is 5. The van der Waals surface area contributed by atoms with Gasteiger partial charge in [0.05, 0.1) is 12.5 Å². The van der Waals surface area contributed by atoms with Crippen molar-refractivity contribution in [3.05, 3.63) is 11.8 Å². The topological polar surface area (TPSA) is 82.4 Å². The van der Waals surface area contributed by atoms with Crippen LogP contribution in [0.2, 0.25) is 0 Å². The van der Waals surface area contributed by atoms with Gasteiger partial charge < -0.3 is 15.0 Å². The number of carbonyl (C=O) groups is 2. The summed E-state index contributed by atoms with van der Waals surface area (Å²) in [5.41, 5.74) is 0.107. The molecular formula is C16H25N3O3. The van der Waals surface area contributed by atoms with Crippen LogP contribution in [0.15, 0.2) is 11.8 Å². The van der Waals surface area contributed by atoms with E-state index in [4.69, 9.17) is 10.00 Å². The first-order valence-electron chi connectivity index (χ1n) is 7.79. The number of piperidine rings is 1. The van der Waals surface area contributed by atoms with Crippen LogP contribution >= 0.6 is 0 Å². The third kappa shape index (κ3) is 5.40. The molecule has 22 heavy (non-hydrogen) atoms. The summed E-state index contributed by atoms with van der Waals surface area (Å²) in [6, 6.07) is 1.94. The summed E-state index contributed by atoms with van der Waals surface area (Å²) < 4.78 is 5.01. The third-order valence-electron chi connectivity index (χ3n) is 3.53. The first-order valence-corrected chi connectivity index (χ1v) is 7.79. The number of amides is 1. The second-order valence-electron chi connectivity index (χ2n) is 5.79. The van der Waals surface area contributed by atoms with E-state index in [0.717, 1.165) is 0 Å². The Kier molecular flexibility index (Phi) is 7.44. The van der Waals surface area contributed by atoms with Crippen molar-refractivity contribution < 1.29 is 14.3 Å². The lowest BCUT2D eigenvalue weighted by atomic mass is 9.96. The normalized spacial score (nSPS) is 16.3. The number of carbonyl (C=O) groups excluding carboxylic acids is 2. The molecule has 0 spiro atoms. The molecule has 0 saturated carbocycles. The molecule has 1 rings (SSSR count). The molecule has 6 nitrogen and oxygen atoms in total. The van der Waals surface area contributed by atoms with E-state index in [2.05, 4.69) is 19.2 Å². The van der Waals surface area contributed by atoms with E-state index in [1.807, 2.05) is 6.07 Å². The van der Waals surface area contributed by atoms with Gasteiger partial charge >= 0.3 is 5.97 Å². The van der Waals surface area contributed by atoms with Crippen molar-refractivity contribution in [2.24, 2.45) is 11.8 Å². The Balaban J connectivity index is 2.53. The monoisotopic (exact) mass is 307 g/mol. The number of nitrogens with one attached hydrogen (secondary N) is 1. The smallest absolute Gasteiger partial charge is 0.309 e. The maximum atomic E-state index is 12.3. The highest BCUT2D eigenvalue weighted by molar-refractivity contribution is 5.97. The summed E-state index contributed by atoms with van der Waals surface area (Å²) in [7, 11) is 0. The summed E-state index contributed by atoms with van der Waals surface area (Å²) in [6.07, 6.45) is 2.66. The Bertz CT molecular complexity index is 458. The molecule has 0 bridgehead atoms. The van der Waals surface area contributed by atoms with Gasteiger partial charge in [0.25, 0.3) is 5.91 Å². The Labute approximate surface area is 132 Å². The number of nitrogens with zero attached hydrogens (tertiary/aromatic N) is 2. The third-order valence-corrected chi connectivity index (χ3v) is 3.53. The largest absolute Gasteiger partial charge is 0.466 e. The van der Waals surface area contributed by atoms with Crippen LogP contribution in [0.3, 0.4) is 0 Å². The highest BCUT2D eigenvalue weighted by Crippen LogP contribution is 2.19. The quantitative estimate of drug-likeness (QED) is 0.456. The fourth-order valence-electron chi connectivity index (χ4n) is 2.29. The number of ether oxygens (including phenoxy) is 1. The van der Waals surface area contributed by atoms with Gasteiger partial charge in [-0.15, -0.1) is 0 Å². The van der Waals surface area contributed by atoms with Gasteiger partial charge in [0.1, 0.15) is 11.6 Å². The fraction of sp³-hybridized carbons (Fsp3) is 0.688. The standard InChI is InChI=1S/C16H25N3O3/c1-4-22-16(21)13-5-7-19(8-6-13)15(20)14(9-17)11-18-10-12(2)3/h11-13,18H,4-8,10H2,1-3H3/b14-11-. The average Bonchev–Trinajstić information content (AvgIpc) is 2.51. The summed E-state index contributed by atoms with van der Waals surface area (Å²) >= 11 is 0. The lowest BCUT2D eigenvalue weighted by molar-refractivity contribution is -0.150. The summed E-state index contributed by atoms with van der Waals surface area (Å²) in [5.74, 6) is -0.172. The van der Waals surface area contributed by atoms with Gasteiger partial charge in [0, 0.05) is 25.8 Å². The Morgan fingerprint density at radius 2 is 2.05 bits per heavy atom. The maximum Gasteiger partial charge on any atom is 0.309 e. The molecule has 0 aromatic rings. The zero-order chi connectivity index (χ0) is 16.5. The molecule has 6 heteroatoms. The molecule has 0 unspecified atom stereocenters. The highest BCUT2D eigenvalue weighted by Gasteiger charge is 2.29. The Morgan fingerprint density at radius 1 is 1.41 bits per heavy atom. The molecule has 0 radical (unpaired) electrons. The Morgan fingerprint density at radius 3 is 2.55 bits per heavy atom. The number of hydrogen-bond donors (Lipinski definition) is 1. The molecule has 1 amide bonds. The molecule has 1 aliphatic rings. The van der Waals surface area contributed by atoms with E-state index < -0.39 is 0 Å². The molecule has 0 atom stereocenters. The summed E-state index contributed by atoms with van der Waals surface area (Å²) in [5, 5.41) is 12.1. The Hall–Kier alpha value is -2.03. The van der Waals surface area contributed by atoms with E-state index in [-0.39, 0.29) is 23.4 Å². The van der Waals surface area contributed by atoms with Crippen molar-refractivity contribution in [1.29, 1.82) is 5.26 Å². The molecule has 1 fully saturated rings. The van der Waals surface area contributed by atoms with Gasteiger partial charge in [-0.3, -0.25) is 9.59 Å². The first kappa shape index (κ1) is 18.0. The molecule has 1 aliphatic heterocycles. The minimum Gasteiger partial charge on any atom is -0.466 e. The molecule has 0 aliphatic carbocycles. The first-order chi connectivity index (χ1) is 10.5. The van der Waals surface area contributed by atoms with Crippen molar-refractivity contribution in [3.8, 4) is 6.07 Å². The number of esters is 1. The van der Waals surface area contributed by atoms with E-state index in [9.17, 15) is 9.59 Å². The van der Waals surface area contributed by atoms with Gasteiger partial charge in [-0.25, -0.2) is 0 Å².